The molecule has 0 saturated carbocycles. The first-order valence-electron chi connectivity index (χ1n) is 32.3. The molecule has 0 aromatic heterocycles. The highest BCUT2D eigenvalue weighted by Crippen LogP contribution is 2.40. The molecule has 12 atom stereocenters. The maximum absolute atomic E-state index is 6.02. The van der Waals surface area contributed by atoms with Gasteiger partial charge in [0.25, 0.3) is 0 Å². The van der Waals surface area contributed by atoms with Crippen LogP contribution in [0.3, 0.4) is 0 Å². The van der Waals surface area contributed by atoms with E-state index in [-0.39, 0.29) is 50.3 Å². The number of benzene rings is 4. The summed E-state index contributed by atoms with van der Waals surface area (Å²) in [7, 11) is 1.63. The van der Waals surface area contributed by atoms with Gasteiger partial charge in [0.05, 0.1) is 0 Å². The fourth-order valence-corrected chi connectivity index (χ4v) is 8.78. The van der Waals surface area contributed by atoms with E-state index in [1.165, 1.54) is 5.56 Å². The normalized spacial score (nSPS) is 15.2. The van der Waals surface area contributed by atoms with E-state index in [0.717, 1.165) is 82.6 Å². The number of ether oxygens (including phenoxy) is 16. The Kier molecular flexibility index (Phi) is 42.4. The minimum absolute atomic E-state index is 0.260. The zero-order valence-corrected chi connectivity index (χ0v) is 58.2. The first kappa shape index (κ1) is 80.0. The molecule has 0 radical (unpaired) electrons. The fraction of sp³-hybridized carbons (Fsp3) is 0.662. The van der Waals surface area contributed by atoms with E-state index < -0.39 is 0 Å². The summed E-state index contributed by atoms with van der Waals surface area (Å²) in [5.41, 5.74) is 4.51. The predicted octanol–water partition coefficient (Wildman–Crippen LogP) is 18.5. The highest BCUT2D eigenvalue weighted by molar-refractivity contribution is 5.49. The zero-order valence-electron chi connectivity index (χ0n) is 58.2. The van der Waals surface area contributed by atoms with Gasteiger partial charge in [-0.05, 0) is 201 Å². The molecule has 0 aliphatic rings. The molecule has 16 nitrogen and oxygen atoms in total. The van der Waals surface area contributed by atoms with Crippen molar-refractivity contribution in [2.75, 3.05) is 53.4 Å². The van der Waals surface area contributed by atoms with Gasteiger partial charge in [-0.3, -0.25) is 0 Å². The molecule has 4 aromatic rings. The number of para-hydroxylation sites is 1. The number of hydrogen-bond acceptors (Lipinski definition) is 16. The van der Waals surface area contributed by atoms with Crippen molar-refractivity contribution in [3.05, 3.63) is 95.1 Å². The molecule has 16 heteroatoms. The van der Waals surface area contributed by atoms with Crippen LogP contribution in [0.25, 0.3) is 0 Å². The molecule has 0 amide bonds. The molecule has 0 N–H and O–H groups in total. The van der Waals surface area contributed by atoms with Crippen LogP contribution in [-0.4, -0.2) is 104 Å². The van der Waals surface area contributed by atoms with Crippen molar-refractivity contribution < 1.29 is 75.8 Å². The minimum Gasteiger partial charge on any atom is -0.465 e. The summed E-state index contributed by atoms with van der Waals surface area (Å²) >= 11 is 0. The Morgan fingerprint density at radius 1 is 0.276 bits per heavy atom. The van der Waals surface area contributed by atoms with Gasteiger partial charge in [0.1, 0.15) is 34.5 Å². The summed E-state index contributed by atoms with van der Waals surface area (Å²) in [5.74, 6) is 7.80. The summed E-state index contributed by atoms with van der Waals surface area (Å²) in [5, 5.41) is 0. The lowest BCUT2D eigenvalue weighted by atomic mass is 9.96. The van der Waals surface area contributed by atoms with Crippen molar-refractivity contribution in [3.8, 4) is 46.0 Å². The van der Waals surface area contributed by atoms with E-state index >= 15 is 0 Å². The lowest BCUT2D eigenvalue weighted by Crippen LogP contribution is -2.20. The van der Waals surface area contributed by atoms with E-state index in [9.17, 15) is 0 Å². The van der Waals surface area contributed by atoms with Gasteiger partial charge in [0.2, 0.25) is 0 Å². The van der Waals surface area contributed by atoms with Crippen LogP contribution in [0.15, 0.2) is 72.8 Å². The molecule has 0 spiro atoms. The monoisotopic (exact) mass is 1230 g/mol. The Hall–Kier alpha value is -5.04. The second kappa shape index (κ2) is 46.1. The summed E-state index contributed by atoms with van der Waals surface area (Å²) in [6, 6.07) is 23.7. The van der Waals surface area contributed by atoms with Crippen LogP contribution in [0.5, 0.6) is 46.0 Å². The molecule has 0 fully saturated rings. The van der Waals surface area contributed by atoms with E-state index in [2.05, 4.69) is 67.5 Å². The van der Waals surface area contributed by atoms with Gasteiger partial charge in [-0.25, -0.2) is 0 Å². The number of hydrogen-bond donors (Lipinski definition) is 0. The molecule has 12 unspecified atom stereocenters. The van der Waals surface area contributed by atoms with Crippen molar-refractivity contribution in [2.24, 2.45) is 0 Å². The lowest BCUT2D eigenvalue weighted by Gasteiger charge is -2.24. The molecule has 4 rings (SSSR count). The van der Waals surface area contributed by atoms with E-state index in [1.807, 2.05) is 165 Å². The van der Waals surface area contributed by atoms with Crippen LogP contribution in [0.4, 0.5) is 0 Å². The largest absolute Gasteiger partial charge is 0.465 e. The van der Waals surface area contributed by atoms with Gasteiger partial charge >= 0.3 is 0 Å². The molecular formula is C71H118O16. The van der Waals surface area contributed by atoms with Gasteiger partial charge in [-0.15, -0.1) is 0 Å². The molecule has 0 bridgehead atoms. The van der Waals surface area contributed by atoms with Gasteiger partial charge in [0.15, 0.2) is 61.8 Å². The molecule has 498 valence electrons. The fourth-order valence-electron chi connectivity index (χ4n) is 8.78. The topological polar surface area (TPSA) is 148 Å². The Morgan fingerprint density at radius 3 is 1.05 bits per heavy atom. The zero-order chi connectivity index (χ0) is 65.4. The van der Waals surface area contributed by atoms with Crippen molar-refractivity contribution >= 4 is 0 Å². The average molecular weight is 1230 g/mol. The predicted molar refractivity (Wildman–Crippen MR) is 350 cm³/mol. The first-order chi connectivity index (χ1) is 41.6. The highest BCUT2D eigenvalue weighted by Gasteiger charge is 2.23. The smallest absolute Gasteiger partial charge is 0.197 e. The molecule has 0 aliphatic carbocycles. The van der Waals surface area contributed by atoms with Gasteiger partial charge in [-0.2, -0.15) is 0 Å². The summed E-state index contributed by atoms with van der Waals surface area (Å²) in [4.78, 5) is 0. The maximum atomic E-state index is 6.02. The standard InChI is InChI=1S/3C18H30O4.C17H28O4/c1-7-13(4)17-12-16(21-14(5)19-8-2)10-11-18(17)22-15(6)20-9-3;1-7-13(4)17-11-10-16(21-14(5)19-8-2)12-18(17)22-15(6)20-9-3;1-7-13(4)16-11-10-12-17(21-14(5)19-8-2)18(16)22-15(6)20-9-3;1-7-12(3)17-15(20-13(4)18-6)10-9-11-16(17)21-14(5)19-8-2/h3*10-15H,7-9H2,1-6H3;9-14H,7-8H2,1-6H3. The Labute approximate surface area is 527 Å². The van der Waals surface area contributed by atoms with Crippen LogP contribution < -0.4 is 37.9 Å². The summed E-state index contributed by atoms with van der Waals surface area (Å²) < 4.78 is 90.5. The second-order valence-corrected chi connectivity index (χ2v) is 20.9. The third-order valence-corrected chi connectivity index (χ3v) is 14.0. The molecule has 0 saturated heterocycles. The number of methoxy groups -OCH3 is 1. The van der Waals surface area contributed by atoms with E-state index in [1.54, 1.807) is 7.11 Å². The van der Waals surface area contributed by atoms with Gasteiger partial charge in [-0.1, -0.05) is 79.7 Å². The van der Waals surface area contributed by atoms with E-state index in [0.29, 0.717) is 75.7 Å². The van der Waals surface area contributed by atoms with Gasteiger partial charge < -0.3 is 75.8 Å². The van der Waals surface area contributed by atoms with Crippen LogP contribution in [0.1, 0.15) is 231 Å². The molecule has 0 heterocycles. The van der Waals surface area contributed by atoms with Crippen molar-refractivity contribution in [1.82, 2.24) is 0 Å². The maximum Gasteiger partial charge on any atom is 0.197 e. The quantitative estimate of drug-likeness (QED) is 0.0390. The minimum atomic E-state index is -0.319. The first-order valence-corrected chi connectivity index (χ1v) is 32.3. The second-order valence-electron chi connectivity index (χ2n) is 20.9. The van der Waals surface area contributed by atoms with E-state index in [4.69, 9.17) is 75.8 Å². The summed E-state index contributed by atoms with van der Waals surface area (Å²) in [6.07, 6.45) is 1.81. The van der Waals surface area contributed by atoms with Crippen molar-refractivity contribution in [2.45, 2.75) is 259 Å². The highest BCUT2D eigenvalue weighted by atomic mass is 16.7. The molecule has 0 aliphatic heterocycles. The Morgan fingerprint density at radius 2 is 0.609 bits per heavy atom. The SMILES string of the molecule is CCOC(C)Oc1ccc(C(C)CC)c(OC(C)OCC)c1.CCOC(C)Oc1ccc(OC(C)OCC)c(C(C)CC)c1.CCOC(C)Oc1cccc(C(C)CC)c1OC(C)OCC.CCOC(C)Oc1cccc(OC(C)OC)c1C(C)CC. The van der Waals surface area contributed by atoms with Crippen LogP contribution in [-0.2, 0) is 37.9 Å². The van der Waals surface area contributed by atoms with Crippen LogP contribution in [0, 0.1) is 0 Å². The number of rotatable bonds is 39. The van der Waals surface area contributed by atoms with Gasteiger partial charge in [0, 0.05) is 76.1 Å². The van der Waals surface area contributed by atoms with Crippen LogP contribution in [0.2, 0.25) is 0 Å². The third kappa shape index (κ3) is 30.8. The van der Waals surface area contributed by atoms with Crippen LogP contribution >= 0.6 is 0 Å². The molecule has 87 heavy (non-hydrogen) atoms. The third-order valence-electron chi connectivity index (χ3n) is 14.0. The lowest BCUT2D eigenvalue weighted by molar-refractivity contribution is -0.0770. The summed E-state index contributed by atoms with van der Waals surface area (Å²) in [6.45, 7) is 50.5. The Balaban J connectivity index is 0.000000580. The average Bonchev–Trinajstić information content (AvgIpc) is 2.48. The Bertz CT molecular complexity index is 2360. The van der Waals surface area contributed by atoms with Crippen molar-refractivity contribution in [1.29, 1.82) is 0 Å². The molecular weight excluding hydrogens is 1110 g/mol. The van der Waals surface area contributed by atoms with Crippen molar-refractivity contribution in [3.63, 3.8) is 0 Å². The molecule has 4 aromatic carbocycles.